The minimum absolute atomic E-state index is 0.145. The summed E-state index contributed by atoms with van der Waals surface area (Å²) in [5.41, 5.74) is 4.56. The number of amides is 1. The van der Waals surface area contributed by atoms with Gasteiger partial charge in [-0.1, -0.05) is 41.7 Å². The highest BCUT2D eigenvalue weighted by Crippen LogP contribution is 2.33. The number of hydrogen-bond acceptors (Lipinski definition) is 4. The van der Waals surface area contributed by atoms with Gasteiger partial charge in [0.25, 0.3) is 5.91 Å². The molecule has 2 aromatic heterocycles. The van der Waals surface area contributed by atoms with Crippen LogP contribution in [0.25, 0.3) is 16.3 Å². The van der Waals surface area contributed by atoms with Crippen LogP contribution in [-0.2, 0) is 11.8 Å². The number of benzene rings is 2. The predicted molar refractivity (Wildman–Crippen MR) is 115 cm³/mol. The van der Waals surface area contributed by atoms with E-state index in [1.807, 2.05) is 86.3 Å². The number of thiazole rings is 1. The van der Waals surface area contributed by atoms with Crippen molar-refractivity contribution in [2.75, 3.05) is 4.90 Å². The van der Waals surface area contributed by atoms with Crippen molar-refractivity contribution in [1.82, 2.24) is 14.8 Å². The molecule has 28 heavy (non-hydrogen) atoms. The molecular formula is C22H20N4OS. The molecule has 140 valence electrons. The highest BCUT2D eigenvalue weighted by molar-refractivity contribution is 7.22. The number of nitrogens with zero attached hydrogens (tertiary/aromatic N) is 4. The number of fused-ring (bicyclic) bond motifs is 1. The Morgan fingerprint density at radius 3 is 2.46 bits per heavy atom. The fraction of sp³-hybridized carbons (Fsp3) is 0.136. The van der Waals surface area contributed by atoms with Crippen LogP contribution in [0.4, 0.5) is 10.8 Å². The Hall–Kier alpha value is -3.25. The van der Waals surface area contributed by atoms with Gasteiger partial charge in [0.15, 0.2) is 5.13 Å². The number of anilines is 2. The van der Waals surface area contributed by atoms with Crippen LogP contribution in [0.3, 0.4) is 0 Å². The van der Waals surface area contributed by atoms with Crippen LogP contribution >= 0.6 is 11.3 Å². The third-order valence-electron chi connectivity index (χ3n) is 4.67. The number of aryl methyl sites for hydroxylation is 2. The lowest BCUT2D eigenvalue weighted by molar-refractivity contribution is -0.113. The molecule has 2 heterocycles. The van der Waals surface area contributed by atoms with E-state index < -0.39 is 0 Å². The number of carbonyl (C=O) groups is 1. The van der Waals surface area contributed by atoms with E-state index in [1.165, 1.54) is 11.3 Å². The maximum atomic E-state index is 13.2. The first-order valence-electron chi connectivity index (χ1n) is 8.97. The number of carbonyl (C=O) groups excluding carboxylic acids is 1. The van der Waals surface area contributed by atoms with Gasteiger partial charge >= 0.3 is 0 Å². The van der Waals surface area contributed by atoms with E-state index in [9.17, 15) is 4.79 Å². The number of rotatable bonds is 4. The van der Waals surface area contributed by atoms with Crippen molar-refractivity contribution in [3.63, 3.8) is 0 Å². The highest BCUT2D eigenvalue weighted by Gasteiger charge is 2.20. The average molecular weight is 388 g/mol. The van der Waals surface area contributed by atoms with Gasteiger partial charge in [-0.3, -0.25) is 14.4 Å². The van der Waals surface area contributed by atoms with E-state index in [4.69, 9.17) is 0 Å². The van der Waals surface area contributed by atoms with Crippen molar-refractivity contribution in [3.8, 4) is 0 Å². The Bertz CT molecular complexity index is 1140. The predicted octanol–water partition coefficient (Wildman–Crippen LogP) is 5.02. The van der Waals surface area contributed by atoms with Crippen LogP contribution in [0.1, 0.15) is 17.0 Å². The fourth-order valence-electron chi connectivity index (χ4n) is 3.13. The second-order valence-electron chi connectivity index (χ2n) is 6.51. The molecule has 0 atom stereocenters. The summed E-state index contributed by atoms with van der Waals surface area (Å²) in [6.45, 7) is 3.94. The van der Waals surface area contributed by atoms with E-state index in [-0.39, 0.29) is 5.91 Å². The zero-order valence-electron chi connectivity index (χ0n) is 16.0. The lowest BCUT2D eigenvalue weighted by atomic mass is 10.2. The smallest absolute Gasteiger partial charge is 0.257 e. The molecule has 0 radical (unpaired) electrons. The van der Waals surface area contributed by atoms with Crippen LogP contribution in [0, 0.1) is 13.8 Å². The topological polar surface area (TPSA) is 51.0 Å². The summed E-state index contributed by atoms with van der Waals surface area (Å²) >= 11 is 1.50. The molecule has 0 N–H and O–H groups in total. The molecule has 0 bridgehead atoms. The molecule has 5 nitrogen and oxygen atoms in total. The third-order valence-corrected chi connectivity index (χ3v) is 5.69. The average Bonchev–Trinajstić information content (AvgIpc) is 3.22. The number of aromatic nitrogens is 3. The summed E-state index contributed by atoms with van der Waals surface area (Å²) in [7, 11) is 1.90. The summed E-state index contributed by atoms with van der Waals surface area (Å²) in [5.74, 6) is -0.145. The van der Waals surface area contributed by atoms with E-state index in [0.29, 0.717) is 5.13 Å². The molecule has 0 fully saturated rings. The second kappa shape index (κ2) is 7.40. The van der Waals surface area contributed by atoms with E-state index >= 15 is 0 Å². The Morgan fingerprint density at radius 2 is 1.79 bits per heavy atom. The molecule has 1 amide bonds. The van der Waals surface area contributed by atoms with Crippen molar-refractivity contribution in [3.05, 3.63) is 77.6 Å². The summed E-state index contributed by atoms with van der Waals surface area (Å²) in [6, 6.07) is 17.5. The van der Waals surface area contributed by atoms with Crippen molar-refractivity contribution in [1.29, 1.82) is 0 Å². The summed E-state index contributed by atoms with van der Waals surface area (Å²) in [6.07, 6.45) is 3.43. The van der Waals surface area contributed by atoms with Crippen molar-refractivity contribution in [2.45, 2.75) is 13.8 Å². The van der Waals surface area contributed by atoms with Gasteiger partial charge in [0.05, 0.1) is 21.6 Å². The van der Waals surface area contributed by atoms with Gasteiger partial charge in [0.2, 0.25) is 0 Å². The molecule has 0 aliphatic rings. The summed E-state index contributed by atoms with van der Waals surface area (Å²) < 4.78 is 2.87. The SMILES string of the molecule is Cc1nn(C)c(C)c1/C=C/C(=O)N(c1ccccc1)c1nc2ccccc2s1. The van der Waals surface area contributed by atoms with Gasteiger partial charge in [-0.05, 0) is 44.2 Å². The van der Waals surface area contributed by atoms with E-state index in [0.717, 1.165) is 32.9 Å². The van der Waals surface area contributed by atoms with Crippen LogP contribution in [0.5, 0.6) is 0 Å². The van der Waals surface area contributed by atoms with Gasteiger partial charge in [-0.15, -0.1) is 0 Å². The third kappa shape index (κ3) is 3.34. The van der Waals surface area contributed by atoms with Gasteiger partial charge in [0, 0.05) is 24.4 Å². The minimum atomic E-state index is -0.145. The monoisotopic (exact) mass is 388 g/mol. The van der Waals surface area contributed by atoms with Gasteiger partial charge in [0.1, 0.15) is 0 Å². The first-order chi connectivity index (χ1) is 13.5. The molecule has 2 aromatic carbocycles. The first kappa shape index (κ1) is 18.1. The molecule has 0 saturated carbocycles. The minimum Gasteiger partial charge on any atom is -0.272 e. The van der Waals surface area contributed by atoms with Gasteiger partial charge in [-0.2, -0.15) is 5.10 Å². The lowest BCUT2D eigenvalue weighted by Crippen LogP contribution is -2.23. The Kier molecular flexibility index (Phi) is 4.79. The van der Waals surface area contributed by atoms with Crippen LogP contribution in [-0.4, -0.2) is 20.7 Å². The maximum absolute atomic E-state index is 13.2. The van der Waals surface area contributed by atoms with E-state index in [2.05, 4.69) is 10.1 Å². The lowest BCUT2D eigenvalue weighted by Gasteiger charge is -2.18. The standard InChI is InChI=1S/C22H20N4OS/c1-15-18(16(2)25(3)24-15)13-14-21(27)26(17-9-5-4-6-10-17)22-23-19-11-7-8-12-20(19)28-22/h4-14H,1-3H3/b14-13+. The molecule has 0 spiro atoms. The number of hydrogen-bond donors (Lipinski definition) is 0. The normalized spacial score (nSPS) is 11.4. The molecule has 4 aromatic rings. The molecule has 4 rings (SSSR count). The van der Waals surface area contributed by atoms with Gasteiger partial charge < -0.3 is 0 Å². The molecule has 0 unspecified atom stereocenters. The zero-order chi connectivity index (χ0) is 19.7. The fourth-order valence-corrected chi connectivity index (χ4v) is 4.12. The Labute approximate surface area is 167 Å². The second-order valence-corrected chi connectivity index (χ2v) is 7.52. The molecule has 0 aliphatic heterocycles. The molecule has 0 saturated heterocycles. The highest BCUT2D eigenvalue weighted by atomic mass is 32.1. The van der Waals surface area contributed by atoms with Crippen LogP contribution in [0.15, 0.2) is 60.7 Å². The van der Waals surface area contributed by atoms with Crippen molar-refractivity contribution in [2.24, 2.45) is 7.05 Å². The summed E-state index contributed by atoms with van der Waals surface area (Å²) in [5, 5.41) is 5.06. The maximum Gasteiger partial charge on any atom is 0.257 e. The van der Waals surface area contributed by atoms with Crippen LogP contribution in [0.2, 0.25) is 0 Å². The summed E-state index contributed by atoms with van der Waals surface area (Å²) in [4.78, 5) is 19.5. The molecule has 0 aliphatic carbocycles. The largest absolute Gasteiger partial charge is 0.272 e. The molecule has 6 heteroatoms. The van der Waals surface area contributed by atoms with E-state index in [1.54, 1.807) is 11.0 Å². The first-order valence-corrected chi connectivity index (χ1v) is 9.79. The Morgan fingerprint density at radius 1 is 1.07 bits per heavy atom. The van der Waals surface area contributed by atoms with Gasteiger partial charge in [-0.25, -0.2) is 4.98 Å². The zero-order valence-corrected chi connectivity index (χ0v) is 16.8. The quantitative estimate of drug-likeness (QED) is 0.461. The molecular weight excluding hydrogens is 368 g/mol. The van der Waals surface area contributed by atoms with Crippen LogP contribution < -0.4 is 4.90 Å². The van der Waals surface area contributed by atoms with Crippen molar-refractivity contribution < 1.29 is 4.79 Å². The van der Waals surface area contributed by atoms with Crippen molar-refractivity contribution >= 4 is 44.4 Å². The number of para-hydroxylation sites is 2. The Balaban J connectivity index is 1.75.